The van der Waals surface area contributed by atoms with Gasteiger partial charge in [0.2, 0.25) is 0 Å². The molecule has 0 amide bonds. The first-order valence-electron chi connectivity index (χ1n) is 14.0. The van der Waals surface area contributed by atoms with Crippen molar-refractivity contribution in [2.75, 3.05) is 20.3 Å². The third-order valence-electron chi connectivity index (χ3n) is 6.86. The van der Waals surface area contributed by atoms with Gasteiger partial charge in [0.1, 0.15) is 12.4 Å². The summed E-state index contributed by atoms with van der Waals surface area (Å²) in [6, 6.07) is 13.7. The van der Waals surface area contributed by atoms with Crippen LogP contribution in [0.1, 0.15) is 36.6 Å². The molecule has 0 fully saturated rings. The van der Waals surface area contributed by atoms with E-state index in [2.05, 4.69) is 20.9 Å². The minimum absolute atomic E-state index is 0.0273. The number of esters is 1. The zero-order chi connectivity index (χ0) is 33.0. The lowest BCUT2D eigenvalue weighted by molar-refractivity contribution is -0.384. The number of hydrogen-bond donors (Lipinski definition) is 0. The summed E-state index contributed by atoms with van der Waals surface area (Å²) in [5.41, 5.74) is 1.56. The molecule has 0 radical (unpaired) electrons. The summed E-state index contributed by atoms with van der Waals surface area (Å²) < 4.78 is 25.0. The van der Waals surface area contributed by atoms with Crippen LogP contribution in [-0.4, -0.2) is 35.8 Å². The summed E-state index contributed by atoms with van der Waals surface area (Å²) in [5, 5.41) is 11.4. The number of rotatable bonds is 11. The molecule has 0 saturated heterocycles. The lowest BCUT2D eigenvalue weighted by Crippen LogP contribution is -2.39. The molecule has 11 nitrogen and oxygen atoms in total. The SMILES string of the molecule is CCOc1ccc([C@@H]2C(C(=O)OC)=CN=c3s/c(=C/c4cc(Cl)cc(Br)c4OCc4ccc([N+](=O)[O-])cc4)c(=O)n32)cc1OCC. The Morgan fingerprint density at radius 2 is 1.80 bits per heavy atom. The maximum Gasteiger partial charge on any atom is 0.337 e. The number of thiazole rings is 1. The van der Waals surface area contributed by atoms with Crippen molar-refractivity contribution >= 4 is 56.6 Å². The first kappa shape index (κ1) is 32.9. The molecule has 1 aromatic heterocycles. The van der Waals surface area contributed by atoms with Gasteiger partial charge in [-0.05, 0) is 83.4 Å². The molecule has 46 heavy (non-hydrogen) atoms. The Kier molecular flexibility index (Phi) is 10.2. The van der Waals surface area contributed by atoms with E-state index in [9.17, 15) is 19.7 Å². The zero-order valence-corrected chi connectivity index (χ0v) is 28.0. The topological polar surface area (TPSA) is 131 Å². The summed E-state index contributed by atoms with van der Waals surface area (Å²) in [6.07, 6.45) is 3.06. The van der Waals surface area contributed by atoms with E-state index in [0.717, 1.165) is 11.3 Å². The van der Waals surface area contributed by atoms with Crippen LogP contribution in [0.25, 0.3) is 6.08 Å². The number of halogens is 2. The number of carbonyl (C=O) groups is 1. The predicted octanol–water partition coefficient (Wildman–Crippen LogP) is 5.72. The quantitative estimate of drug-likeness (QED) is 0.109. The van der Waals surface area contributed by atoms with Crippen LogP contribution in [0, 0.1) is 10.1 Å². The maximum atomic E-state index is 14.1. The van der Waals surface area contributed by atoms with Crippen molar-refractivity contribution in [3.05, 3.63) is 122 Å². The minimum Gasteiger partial charge on any atom is -0.490 e. The summed E-state index contributed by atoms with van der Waals surface area (Å²) in [6.45, 7) is 4.63. The molecule has 14 heteroatoms. The van der Waals surface area contributed by atoms with Crippen molar-refractivity contribution in [3.8, 4) is 17.2 Å². The molecule has 5 rings (SSSR count). The van der Waals surface area contributed by atoms with Crippen LogP contribution in [0.3, 0.4) is 0 Å². The van der Waals surface area contributed by atoms with Gasteiger partial charge in [-0.1, -0.05) is 29.0 Å². The van der Waals surface area contributed by atoms with Gasteiger partial charge in [-0.2, -0.15) is 0 Å². The van der Waals surface area contributed by atoms with Gasteiger partial charge in [0.05, 0.1) is 45.9 Å². The summed E-state index contributed by atoms with van der Waals surface area (Å²) in [4.78, 5) is 42.3. The Bertz CT molecular complexity index is 2020. The van der Waals surface area contributed by atoms with Gasteiger partial charge in [0, 0.05) is 28.9 Å². The second kappa shape index (κ2) is 14.3. The van der Waals surface area contributed by atoms with Gasteiger partial charge in [-0.15, -0.1) is 0 Å². The lowest BCUT2D eigenvalue weighted by Gasteiger charge is -2.23. The summed E-state index contributed by atoms with van der Waals surface area (Å²) in [7, 11) is 1.27. The maximum absolute atomic E-state index is 14.1. The average molecular weight is 729 g/mol. The monoisotopic (exact) mass is 727 g/mol. The molecule has 3 aromatic carbocycles. The smallest absolute Gasteiger partial charge is 0.337 e. The van der Waals surface area contributed by atoms with Crippen molar-refractivity contribution in [1.29, 1.82) is 0 Å². The van der Waals surface area contributed by atoms with Crippen molar-refractivity contribution in [3.63, 3.8) is 0 Å². The highest BCUT2D eigenvalue weighted by Crippen LogP contribution is 2.36. The molecule has 4 aromatic rings. The number of nitrogens with zero attached hydrogens (tertiary/aromatic N) is 3. The van der Waals surface area contributed by atoms with E-state index in [0.29, 0.717) is 66.0 Å². The minimum atomic E-state index is -0.857. The Hall–Kier alpha value is -4.46. The van der Waals surface area contributed by atoms with Crippen LogP contribution in [0.4, 0.5) is 5.69 Å². The molecule has 1 aliphatic heterocycles. The largest absolute Gasteiger partial charge is 0.490 e. The van der Waals surface area contributed by atoms with Gasteiger partial charge in [-0.3, -0.25) is 19.5 Å². The van der Waals surface area contributed by atoms with Crippen LogP contribution in [0.15, 0.2) is 80.6 Å². The highest BCUT2D eigenvalue weighted by atomic mass is 79.9. The summed E-state index contributed by atoms with van der Waals surface area (Å²) >= 11 is 11.0. The van der Waals surface area contributed by atoms with Crippen LogP contribution >= 0.6 is 38.9 Å². The zero-order valence-electron chi connectivity index (χ0n) is 24.8. The van der Waals surface area contributed by atoms with Crippen molar-refractivity contribution in [2.45, 2.75) is 26.5 Å². The van der Waals surface area contributed by atoms with Gasteiger partial charge in [0.25, 0.3) is 11.2 Å². The number of methoxy groups -OCH3 is 1. The van der Waals surface area contributed by atoms with Crippen molar-refractivity contribution in [2.24, 2.45) is 4.99 Å². The van der Waals surface area contributed by atoms with Crippen LogP contribution < -0.4 is 29.1 Å². The molecule has 1 atom stereocenters. The first-order chi connectivity index (χ1) is 22.1. The third-order valence-corrected chi connectivity index (χ3v) is 8.67. The number of carbonyl (C=O) groups excluding carboxylic acids is 1. The number of nitro groups is 1. The summed E-state index contributed by atoms with van der Waals surface area (Å²) in [5.74, 6) is 0.796. The van der Waals surface area contributed by atoms with E-state index in [4.69, 9.17) is 30.5 Å². The molecule has 0 saturated carbocycles. The number of fused-ring (bicyclic) bond motifs is 1. The number of hydrogen-bond acceptors (Lipinski definition) is 10. The number of non-ortho nitro benzene ring substituents is 1. The molecule has 0 bridgehead atoms. The fourth-order valence-corrected chi connectivity index (χ4v) is 6.75. The third kappa shape index (κ3) is 6.86. The molecular formula is C32H27BrClN3O8S. The fraction of sp³-hybridized carbons (Fsp3) is 0.219. The Morgan fingerprint density at radius 3 is 2.48 bits per heavy atom. The standard InChI is InChI=1S/C32H27BrClN3O8S/c1-4-43-25-11-8-19(13-26(25)44-5-2)28-23(31(39)42-3)16-35-32-36(28)30(38)27(46-32)14-20-12-21(34)15-24(33)29(20)45-17-18-6-9-22(10-7-18)37(40)41/h6-16,28H,4-5,17H2,1-3H3/b27-14+/t28-/m1/s1. The molecule has 0 aliphatic carbocycles. The van der Waals surface area contributed by atoms with Crippen molar-refractivity contribution in [1.82, 2.24) is 4.57 Å². The number of nitro benzene ring substituents is 1. The highest BCUT2D eigenvalue weighted by Gasteiger charge is 2.31. The normalized spacial score (nSPS) is 14.2. The molecule has 2 heterocycles. The van der Waals surface area contributed by atoms with E-state index >= 15 is 0 Å². The van der Waals surface area contributed by atoms with Gasteiger partial charge < -0.3 is 18.9 Å². The predicted molar refractivity (Wildman–Crippen MR) is 177 cm³/mol. The fourth-order valence-electron chi connectivity index (χ4n) is 4.84. The van der Waals surface area contributed by atoms with E-state index in [-0.39, 0.29) is 17.9 Å². The number of ether oxygens (including phenoxy) is 4. The first-order valence-corrected chi connectivity index (χ1v) is 16.0. The molecule has 0 spiro atoms. The van der Waals surface area contributed by atoms with Crippen LogP contribution in [0.2, 0.25) is 5.02 Å². The number of aromatic nitrogens is 1. The Morgan fingerprint density at radius 1 is 1.09 bits per heavy atom. The van der Waals surface area contributed by atoms with E-state index in [1.165, 1.54) is 30.0 Å². The Balaban J connectivity index is 1.60. The van der Waals surface area contributed by atoms with E-state index in [1.807, 2.05) is 13.8 Å². The second-order valence-corrected chi connectivity index (χ2v) is 12.1. The molecule has 0 N–H and O–H groups in total. The number of benzene rings is 3. The Labute approximate surface area is 280 Å². The van der Waals surface area contributed by atoms with Crippen LogP contribution in [-0.2, 0) is 16.1 Å². The van der Waals surface area contributed by atoms with E-state index < -0.39 is 22.5 Å². The molecule has 0 unspecified atom stereocenters. The average Bonchev–Trinajstić information content (AvgIpc) is 3.35. The van der Waals surface area contributed by atoms with Gasteiger partial charge in [0.15, 0.2) is 16.3 Å². The van der Waals surface area contributed by atoms with Crippen LogP contribution in [0.5, 0.6) is 17.2 Å². The lowest BCUT2D eigenvalue weighted by atomic mass is 9.97. The molecule has 1 aliphatic rings. The van der Waals surface area contributed by atoms with Gasteiger partial charge >= 0.3 is 5.97 Å². The van der Waals surface area contributed by atoms with Gasteiger partial charge in [-0.25, -0.2) is 9.79 Å². The van der Waals surface area contributed by atoms with E-state index in [1.54, 1.807) is 48.5 Å². The highest BCUT2D eigenvalue weighted by molar-refractivity contribution is 9.10. The molecular weight excluding hydrogens is 702 g/mol. The second-order valence-electron chi connectivity index (χ2n) is 9.77. The van der Waals surface area contributed by atoms with Crippen molar-refractivity contribution < 1.29 is 28.7 Å². The molecule has 238 valence electrons.